The van der Waals surface area contributed by atoms with Crippen molar-refractivity contribution in [3.8, 4) is 5.75 Å². The Bertz CT molecular complexity index is 789. The quantitative estimate of drug-likeness (QED) is 0.682. The molecule has 1 aromatic carbocycles. The number of likely N-dealkylation sites (tertiary alicyclic amines) is 1. The van der Waals surface area contributed by atoms with Crippen LogP contribution >= 0.6 is 0 Å². The summed E-state index contributed by atoms with van der Waals surface area (Å²) in [5.41, 5.74) is -0.838. The SMILES string of the molecule is CCCOc1ccc(C(F)(F)F)cc1NC(=O)CN1CCC(C(=O)N2CCOCC2)CC1. The number of rotatable bonds is 7. The molecule has 1 aromatic rings. The Labute approximate surface area is 185 Å². The summed E-state index contributed by atoms with van der Waals surface area (Å²) in [5, 5.41) is 2.57. The Hall–Kier alpha value is -2.33. The Balaban J connectivity index is 1.54. The molecule has 0 aliphatic carbocycles. The number of carbonyl (C=O) groups is 2. The summed E-state index contributed by atoms with van der Waals surface area (Å²) >= 11 is 0. The number of hydrogen-bond acceptors (Lipinski definition) is 5. The monoisotopic (exact) mass is 457 g/mol. The van der Waals surface area contributed by atoms with Crippen molar-refractivity contribution in [3.63, 3.8) is 0 Å². The van der Waals surface area contributed by atoms with Crippen LogP contribution in [0, 0.1) is 5.92 Å². The number of piperidine rings is 1. The van der Waals surface area contributed by atoms with Crippen LogP contribution in [0.25, 0.3) is 0 Å². The number of ether oxygens (including phenoxy) is 2. The van der Waals surface area contributed by atoms with Gasteiger partial charge in [0.1, 0.15) is 5.75 Å². The number of nitrogens with zero attached hydrogens (tertiary/aromatic N) is 2. The van der Waals surface area contributed by atoms with Gasteiger partial charge in [-0.25, -0.2) is 0 Å². The molecule has 0 atom stereocenters. The highest BCUT2D eigenvalue weighted by Crippen LogP contribution is 2.35. The van der Waals surface area contributed by atoms with Gasteiger partial charge in [-0.3, -0.25) is 14.5 Å². The summed E-state index contributed by atoms with van der Waals surface area (Å²) in [6, 6.07) is 3.07. The predicted molar refractivity (Wildman–Crippen MR) is 112 cm³/mol. The molecule has 2 heterocycles. The first-order valence-corrected chi connectivity index (χ1v) is 11.0. The van der Waals surface area contributed by atoms with Crippen molar-refractivity contribution in [3.05, 3.63) is 23.8 Å². The zero-order valence-corrected chi connectivity index (χ0v) is 18.2. The van der Waals surface area contributed by atoms with Gasteiger partial charge in [0.2, 0.25) is 11.8 Å². The van der Waals surface area contributed by atoms with Crippen LogP contribution < -0.4 is 10.1 Å². The number of nitrogens with one attached hydrogen (secondary N) is 1. The molecule has 1 N–H and O–H groups in total. The van der Waals surface area contributed by atoms with Crippen LogP contribution in [0.4, 0.5) is 18.9 Å². The number of benzene rings is 1. The van der Waals surface area contributed by atoms with Gasteiger partial charge >= 0.3 is 6.18 Å². The summed E-state index contributed by atoms with van der Waals surface area (Å²) in [6.45, 7) is 5.76. The van der Waals surface area contributed by atoms with Crippen LogP contribution in [0.1, 0.15) is 31.7 Å². The van der Waals surface area contributed by atoms with E-state index in [2.05, 4.69) is 5.32 Å². The lowest BCUT2D eigenvalue weighted by atomic mass is 9.95. The van der Waals surface area contributed by atoms with E-state index in [-0.39, 0.29) is 29.8 Å². The first-order chi connectivity index (χ1) is 15.3. The molecular formula is C22H30F3N3O4. The van der Waals surface area contributed by atoms with Gasteiger partial charge < -0.3 is 19.7 Å². The zero-order chi connectivity index (χ0) is 23.1. The molecule has 0 aromatic heterocycles. The van der Waals surface area contributed by atoms with E-state index in [1.54, 1.807) is 0 Å². The van der Waals surface area contributed by atoms with E-state index in [1.807, 2.05) is 16.7 Å². The molecule has 3 rings (SSSR count). The van der Waals surface area contributed by atoms with Crippen molar-refractivity contribution in [1.82, 2.24) is 9.80 Å². The number of carbonyl (C=O) groups excluding carboxylic acids is 2. The number of hydrogen-bond donors (Lipinski definition) is 1. The molecule has 2 aliphatic heterocycles. The summed E-state index contributed by atoms with van der Waals surface area (Å²) in [6.07, 6.45) is -2.53. The van der Waals surface area contributed by atoms with Crippen molar-refractivity contribution < 1.29 is 32.2 Å². The normalized spacial score (nSPS) is 18.4. The Morgan fingerprint density at radius 2 is 1.84 bits per heavy atom. The minimum Gasteiger partial charge on any atom is -0.491 e. The van der Waals surface area contributed by atoms with E-state index < -0.39 is 17.6 Å². The molecule has 2 amide bonds. The number of alkyl halides is 3. The van der Waals surface area contributed by atoms with E-state index in [1.165, 1.54) is 6.07 Å². The third-order valence-corrected chi connectivity index (χ3v) is 5.67. The van der Waals surface area contributed by atoms with Crippen molar-refractivity contribution in [2.24, 2.45) is 5.92 Å². The summed E-state index contributed by atoms with van der Waals surface area (Å²) in [7, 11) is 0. The van der Waals surface area contributed by atoms with Crippen LogP contribution in [-0.2, 0) is 20.5 Å². The second kappa shape index (κ2) is 11.0. The second-order valence-electron chi connectivity index (χ2n) is 8.09. The van der Waals surface area contributed by atoms with Gasteiger partial charge in [0.05, 0.1) is 37.6 Å². The second-order valence-corrected chi connectivity index (χ2v) is 8.09. The van der Waals surface area contributed by atoms with Crippen molar-refractivity contribution >= 4 is 17.5 Å². The highest BCUT2D eigenvalue weighted by Gasteiger charge is 2.32. The Kier molecular flexibility index (Phi) is 8.36. The van der Waals surface area contributed by atoms with Gasteiger partial charge in [0.15, 0.2) is 0 Å². The highest BCUT2D eigenvalue weighted by atomic mass is 19.4. The fraction of sp³-hybridized carbons (Fsp3) is 0.636. The van der Waals surface area contributed by atoms with Crippen LogP contribution in [-0.4, -0.2) is 74.2 Å². The molecule has 0 radical (unpaired) electrons. The number of halogens is 3. The number of morpholine rings is 1. The lowest BCUT2D eigenvalue weighted by Crippen LogP contribution is -2.47. The van der Waals surface area contributed by atoms with Gasteiger partial charge in [-0.05, 0) is 50.6 Å². The minimum atomic E-state index is -4.52. The van der Waals surface area contributed by atoms with E-state index in [0.717, 1.165) is 12.1 Å². The molecular weight excluding hydrogens is 427 g/mol. The lowest BCUT2D eigenvalue weighted by Gasteiger charge is -2.35. The first kappa shape index (κ1) is 24.3. The van der Waals surface area contributed by atoms with Gasteiger partial charge in [0, 0.05) is 19.0 Å². The molecule has 2 saturated heterocycles. The minimum absolute atomic E-state index is 0.00987. The van der Waals surface area contributed by atoms with Gasteiger partial charge in [-0.1, -0.05) is 6.92 Å². The van der Waals surface area contributed by atoms with Crippen molar-refractivity contribution in [1.29, 1.82) is 0 Å². The summed E-state index contributed by atoms with van der Waals surface area (Å²) in [4.78, 5) is 28.9. The van der Waals surface area contributed by atoms with Gasteiger partial charge in [-0.15, -0.1) is 0 Å². The van der Waals surface area contributed by atoms with Gasteiger partial charge in [-0.2, -0.15) is 13.2 Å². The van der Waals surface area contributed by atoms with Crippen LogP contribution in [0.15, 0.2) is 18.2 Å². The van der Waals surface area contributed by atoms with Crippen molar-refractivity contribution in [2.45, 2.75) is 32.4 Å². The maximum Gasteiger partial charge on any atom is 0.416 e. The molecule has 178 valence electrons. The highest BCUT2D eigenvalue weighted by molar-refractivity contribution is 5.93. The Morgan fingerprint density at radius 3 is 2.47 bits per heavy atom. The third kappa shape index (κ3) is 6.59. The molecule has 2 aliphatic rings. The maximum absolute atomic E-state index is 13.1. The third-order valence-electron chi connectivity index (χ3n) is 5.67. The first-order valence-electron chi connectivity index (χ1n) is 11.0. The predicted octanol–water partition coefficient (Wildman–Crippen LogP) is 3.00. The zero-order valence-electron chi connectivity index (χ0n) is 18.2. The largest absolute Gasteiger partial charge is 0.491 e. The lowest BCUT2D eigenvalue weighted by molar-refractivity contribution is -0.141. The smallest absolute Gasteiger partial charge is 0.416 e. The van der Waals surface area contributed by atoms with Gasteiger partial charge in [0.25, 0.3) is 0 Å². The topological polar surface area (TPSA) is 71.1 Å². The van der Waals surface area contributed by atoms with Crippen LogP contribution in [0.3, 0.4) is 0 Å². The van der Waals surface area contributed by atoms with E-state index in [4.69, 9.17) is 9.47 Å². The molecule has 32 heavy (non-hydrogen) atoms. The molecule has 7 nitrogen and oxygen atoms in total. The summed E-state index contributed by atoms with van der Waals surface area (Å²) in [5.74, 6) is -0.129. The fourth-order valence-electron chi connectivity index (χ4n) is 3.91. The van der Waals surface area contributed by atoms with E-state index in [9.17, 15) is 22.8 Å². The molecule has 0 saturated carbocycles. The molecule has 0 bridgehead atoms. The molecule has 2 fully saturated rings. The Morgan fingerprint density at radius 1 is 1.16 bits per heavy atom. The molecule has 10 heteroatoms. The number of amides is 2. The van der Waals surface area contributed by atoms with Crippen LogP contribution in [0.2, 0.25) is 0 Å². The molecule has 0 unspecified atom stereocenters. The van der Waals surface area contributed by atoms with Crippen molar-refractivity contribution in [2.75, 3.05) is 57.9 Å². The molecule has 0 spiro atoms. The summed E-state index contributed by atoms with van der Waals surface area (Å²) < 4.78 is 50.1. The van der Waals surface area contributed by atoms with Crippen LogP contribution in [0.5, 0.6) is 5.75 Å². The fourth-order valence-corrected chi connectivity index (χ4v) is 3.91. The van der Waals surface area contributed by atoms with E-state index in [0.29, 0.717) is 65.3 Å². The standard InChI is InChI=1S/C22H30F3N3O4/c1-2-11-32-19-4-3-17(22(23,24)25)14-18(19)26-20(29)15-27-7-5-16(6-8-27)21(30)28-9-12-31-13-10-28/h3-4,14,16H,2,5-13,15H2,1H3,(H,26,29). The number of anilines is 1. The average Bonchev–Trinajstić information content (AvgIpc) is 2.78. The van der Waals surface area contributed by atoms with E-state index >= 15 is 0 Å². The average molecular weight is 457 g/mol. The maximum atomic E-state index is 13.1.